The molecule has 4 rings (SSSR count). The van der Waals surface area contributed by atoms with Gasteiger partial charge in [0.25, 0.3) is 0 Å². The number of fused-ring (bicyclic) bond motifs is 1. The lowest BCUT2D eigenvalue weighted by Gasteiger charge is -2.29. The van der Waals surface area contributed by atoms with Crippen molar-refractivity contribution in [2.24, 2.45) is 11.1 Å². The Morgan fingerprint density at radius 1 is 1.20 bits per heavy atom. The average Bonchev–Trinajstić information content (AvgIpc) is 3.08. The van der Waals surface area contributed by atoms with Crippen LogP contribution in [0.4, 0.5) is 0 Å². The summed E-state index contributed by atoms with van der Waals surface area (Å²) in [5, 5.41) is 4.71. The molecule has 3 aromatic rings. The van der Waals surface area contributed by atoms with E-state index in [1.807, 2.05) is 54.9 Å². The predicted molar refractivity (Wildman–Crippen MR) is 134 cm³/mol. The second kappa shape index (κ2) is 9.62. The number of primary amides is 1. The minimum atomic E-state index is -0.488. The van der Waals surface area contributed by atoms with Gasteiger partial charge in [0.05, 0.1) is 22.6 Å². The molecule has 0 spiro atoms. The molecule has 0 radical (unpaired) electrons. The van der Waals surface area contributed by atoms with E-state index in [0.29, 0.717) is 30.9 Å². The maximum Gasteiger partial charge on any atom is 0.248 e. The SMILES string of the molecule is Cc1nn(-c2ccc(C(N)=O)c(Cc3ccnc(OCCN(C)C)c3)c2)c2c1C(=O)CC(C)(C)C2. The molecule has 0 atom stereocenters. The number of pyridine rings is 1. The number of carbonyl (C=O) groups is 2. The van der Waals surface area contributed by atoms with Crippen molar-refractivity contribution in [2.45, 2.75) is 40.0 Å². The van der Waals surface area contributed by atoms with E-state index in [1.165, 1.54) is 0 Å². The first-order valence-electron chi connectivity index (χ1n) is 11.8. The molecule has 184 valence electrons. The zero-order chi connectivity index (χ0) is 25.3. The molecule has 35 heavy (non-hydrogen) atoms. The van der Waals surface area contributed by atoms with Gasteiger partial charge in [0.1, 0.15) is 6.61 Å². The Bertz CT molecular complexity index is 1280. The molecule has 0 bridgehead atoms. The Kier molecular flexibility index (Phi) is 6.76. The third-order valence-corrected chi connectivity index (χ3v) is 6.30. The number of nitrogens with zero attached hydrogens (tertiary/aromatic N) is 4. The van der Waals surface area contributed by atoms with Gasteiger partial charge in [-0.1, -0.05) is 13.8 Å². The fourth-order valence-corrected chi connectivity index (χ4v) is 4.64. The van der Waals surface area contributed by atoms with Crippen LogP contribution < -0.4 is 10.5 Å². The quantitative estimate of drug-likeness (QED) is 0.536. The largest absolute Gasteiger partial charge is 0.476 e. The van der Waals surface area contributed by atoms with Crippen LogP contribution in [0.3, 0.4) is 0 Å². The van der Waals surface area contributed by atoms with Crippen LogP contribution in [0, 0.1) is 12.3 Å². The normalized spacial score (nSPS) is 14.7. The number of amides is 1. The molecule has 8 heteroatoms. The van der Waals surface area contributed by atoms with E-state index >= 15 is 0 Å². The van der Waals surface area contributed by atoms with Gasteiger partial charge in [-0.25, -0.2) is 9.67 Å². The minimum absolute atomic E-state index is 0.132. The summed E-state index contributed by atoms with van der Waals surface area (Å²) >= 11 is 0. The van der Waals surface area contributed by atoms with Gasteiger partial charge >= 0.3 is 0 Å². The van der Waals surface area contributed by atoms with Crippen LogP contribution >= 0.6 is 0 Å². The molecular weight excluding hydrogens is 442 g/mol. The number of likely N-dealkylation sites (N-methyl/N-ethyl adjacent to an activating group) is 1. The van der Waals surface area contributed by atoms with Gasteiger partial charge in [-0.05, 0) is 74.7 Å². The van der Waals surface area contributed by atoms with Crippen LogP contribution in [-0.4, -0.2) is 58.6 Å². The van der Waals surface area contributed by atoms with Crippen molar-refractivity contribution in [3.8, 4) is 11.6 Å². The first-order valence-corrected chi connectivity index (χ1v) is 11.8. The molecule has 1 aromatic carbocycles. The fraction of sp³-hybridized carbons (Fsp3) is 0.407. The molecular formula is C27H33N5O3. The van der Waals surface area contributed by atoms with Crippen LogP contribution in [0.5, 0.6) is 5.88 Å². The van der Waals surface area contributed by atoms with Gasteiger partial charge in [-0.15, -0.1) is 0 Å². The van der Waals surface area contributed by atoms with E-state index in [1.54, 1.807) is 12.3 Å². The summed E-state index contributed by atoms with van der Waals surface area (Å²) in [6.07, 6.45) is 3.44. The van der Waals surface area contributed by atoms with Crippen molar-refractivity contribution in [1.29, 1.82) is 0 Å². The maximum atomic E-state index is 12.8. The smallest absolute Gasteiger partial charge is 0.248 e. The summed E-state index contributed by atoms with van der Waals surface area (Å²) in [5.74, 6) is 0.184. The summed E-state index contributed by atoms with van der Waals surface area (Å²) in [5.41, 5.74) is 10.9. The molecule has 0 fully saturated rings. The Labute approximate surface area is 206 Å². The van der Waals surface area contributed by atoms with Crippen LogP contribution in [0.15, 0.2) is 36.5 Å². The highest BCUT2D eigenvalue weighted by Crippen LogP contribution is 2.37. The average molecular weight is 476 g/mol. The standard InChI is InChI=1S/C27H33N5O3/c1-17-25-22(15-27(2,3)16-23(25)33)32(30-17)20-6-7-21(26(28)34)19(14-20)12-18-8-9-29-24(13-18)35-11-10-31(4)5/h6-9,13-14H,10-12,15-16H2,1-5H3,(H2,28,34). The van der Waals surface area contributed by atoms with Crippen molar-refractivity contribution >= 4 is 11.7 Å². The van der Waals surface area contributed by atoms with Crippen molar-refractivity contribution in [2.75, 3.05) is 27.2 Å². The molecule has 0 saturated carbocycles. The Balaban J connectivity index is 1.69. The molecule has 2 aromatic heterocycles. The van der Waals surface area contributed by atoms with Crippen molar-refractivity contribution in [1.82, 2.24) is 19.7 Å². The number of hydrogen-bond acceptors (Lipinski definition) is 6. The number of aromatic nitrogens is 3. The van der Waals surface area contributed by atoms with Gasteiger partial charge in [0.15, 0.2) is 5.78 Å². The third kappa shape index (κ3) is 5.43. The van der Waals surface area contributed by atoms with E-state index in [4.69, 9.17) is 15.6 Å². The summed E-state index contributed by atoms with van der Waals surface area (Å²) in [6, 6.07) is 9.30. The van der Waals surface area contributed by atoms with Crippen LogP contribution in [0.2, 0.25) is 0 Å². The molecule has 0 aliphatic heterocycles. The summed E-state index contributed by atoms with van der Waals surface area (Å²) in [6.45, 7) is 7.39. The lowest BCUT2D eigenvalue weighted by atomic mass is 9.75. The van der Waals surface area contributed by atoms with E-state index in [2.05, 4.69) is 18.8 Å². The Morgan fingerprint density at radius 2 is 1.97 bits per heavy atom. The van der Waals surface area contributed by atoms with E-state index < -0.39 is 5.91 Å². The lowest BCUT2D eigenvalue weighted by Crippen LogP contribution is -2.28. The molecule has 2 N–H and O–H groups in total. The molecule has 1 amide bonds. The number of ether oxygens (including phenoxy) is 1. The second-order valence-electron chi connectivity index (χ2n) is 10.3. The topological polar surface area (TPSA) is 103 Å². The van der Waals surface area contributed by atoms with Crippen molar-refractivity contribution in [3.05, 3.63) is 70.2 Å². The summed E-state index contributed by atoms with van der Waals surface area (Å²) in [7, 11) is 3.97. The minimum Gasteiger partial charge on any atom is -0.476 e. The zero-order valence-electron chi connectivity index (χ0n) is 21.1. The number of ketones is 1. The molecule has 1 aliphatic rings. The predicted octanol–water partition coefficient (Wildman–Crippen LogP) is 3.36. The number of rotatable bonds is 8. The van der Waals surface area contributed by atoms with Gasteiger partial charge in [0.2, 0.25) is 11.8 Å². The van der Waals surface area contributed by atoms with Gasteiger partial charge in [-0.2, -0.15) is 5.10 Å². The van der Waals surface area contributed by atoms with Crippen LogP contribution in [0.25, 0.3) is 5.69 Å². The van der Waals surface area contributed by atoms with Crippen molar-refractivity contribution < 1.29 is 14.3 Å². The molecule has 8 nitrogen and oxygen atoms in total. The first-order chi connectivity index (χ1) is 16.5. The number of hydrogen-bond donors (Lipinski definition) is 1. The van der Waals surface area contributed by atoms with Gasteiger partial charge in [0, 0.05) is 30.8 Å². The number of Topliss-reactive ketones (excluding diaryl/α,β-unsaturated/α-hetero) is 1. The molecule has 0 saturated heterocycles. The van der Waals surface area contributed by atoms with Crippen LogP contribution in [-0.2, 0) is 12.8 Å². The number of nitrogens with two attached hydrogens (primary N) is 1. The second-order valence-corrected chi connectivity index (χ2v) is 10.3. The Morgan fingerprint density at radius 3 is 2.69 bits per heavy atom. The zero-order valence-corrected chi connectivity index (χ0v) is 21.1. The number of aryl methyl sites for hydroxylation is 1. The Hall–Kier alpha value is -3.52. The van der Waals surface area contributed by atoms with E-state index in [0.717, 1.165) is 46.7 Å². The highest BCUT2D eigenvalue weighted by atomic mass is 16.5. The van der Waals surface area contributed by atoms with E-state index in [9.17, 15) is 9.59 Å². The summed E-state index contributed by atoms with van der Waals surface area (Å²) < 4.78 is 7.62. The van der Waals surface area contributed by atoms with Gasteiger partial charge < -0.3 is 15.4 Å². The molecule has 2 heterocycles. The van der Waals surface area contributed by atoms with Crippen LogP contribution in [0.1, 0.15) is 63.5 Å². The highest BCUT2D eigenvalue weighted by molar-refractivity contribution is 6.00. The molecule has 1 aliphatic carbocycles. The van der Waals surface area contributed by atoms with E-state index in [-0.39, 0.29) is 11.2 Å². The maximum absolute atomic E-state index is 12.8. The number of benzene rings is 1. The highest BCUT2D eigenvalue weighted by Gasteiger charge is 2.35. The fourth-order valence-electron chi connectivity index (χ4n) is 4.64. The third-order valence-electron chi connectivity index (χ3n) is 6.30. The summed E-state index contributed by atoms with van der Waals surface area (Å²) in [4.78, 5) is 31.4. The first kappa shape index (κ1) is 24.6. The number of carbonyl (C=O) groups excluding carboxylic acids is 2. The monoisotopic (exact) mass is 475 g/mol. The van der Waals surface area contributed by atoms with Gasteiger partial charge in [-0.3, -0.25) is 9.59 Å². The van der Waals surface area contributed by atoms with Crippen molar-refractivity contribution in [3.63, 3.8) is 0 Å². The molecule has 0 unspecified atom stereocenters. The lowest BCUT2D eigenvalue weighted by molar-refractivity contribution is 0.0909.